The maximum Gasteiger partial charge on any atom is 0.319 e. The van der Waals surface area contributed by atoms with Crippen molar-refractivity contribution in [3.05, 3.63) is 66.0 Å². The number of nitrogens with one attached hydrogen (secondary N) is 1. The van der Waals surface area contributed by atoms with E-state index in [1.807, 2.05) is 41.1 Å². The number of esters is 1. The molecule has 0 amide bonds. The Morgan fingerprint density at radius 1 is 1.08 bits per heavy atom. The lowest BCUT2D eigenvalue weighted by Crippen LogP contribution is -2.43. The second-order valence-corrected chi connectivity index (χ2v) is 7.01. The predicted octanol–water partition coefficient (Wildman–Crippen LogP) is 2.59. The number of benzene rings is 1. The Morgan fingerprint density at radius 2 is 1.96 bits per heavy atom. The fraction of sp³-hybridized carbons (Fsp3) is 0.286. The molecule has 1 saturated heterocycles. The average Bonchev–Trinajstić information content (AvgIpc) is 3.11. The van der Waals surface area contributed by atoms with Crippen LogP contribution in [0.1, 0.15) is 17.0 Å². The standard InChI is InChI=1S/C21H21N3O2/c25-21-19(16-11-17-3-1-2-8-24(17)14-16)12-15-4-5-18(13-20(15)26-21)23-9-6-22-7-10-23/h1-5,8,11,13-14,19,22H,6-7,9-10,12H2. The highest BCUT2D eigenvalue weighted by Crippen LogP contribution is 2.36. The van der Waals surface area contributed by atoms with Gasteiger partial charge in [-0.05, 0) is 41.8 Å². The maximum absolute atomic E-state index is 12.7. The summed E-state index contributed by atoms with van der Waals surface area (Å²) in [5.41, 5.74) is 4.34. The zero-order chi connectivity index (χ0) is 17.5. The van der Waals surface area contributed by atoms with Crippen molar-refractivity contribution in [2.24, 2.45) is 0 Å². The molecule has 5 nitrogen and oxygen atoms in total. The summed E-state index contributed by atoms with van der Waals surface area (Å²) in [4.78, 5) is 15.0. The number of hydrogen-bond donors (Lipinski definition) is 1. The number of rotatable bonds is 2. The molecule has 4 heterocycles. The summed E-state index contributed by atoms with van der Waals surface area (Å²) in [7, 11) is 0. The van der Waals surface area contributed by atoms with E-state index in [2.05, 4.69) is 28.4 Å². The molecule has 1 unspecified atom stereocenters. The molecule has 2 aliphatic rings. The van der Waals surface area contributed by atoms with E-state index < -0.39 is 0 Å². The van der Waals surface area contributed by atoms with Gasteiger partial charge in [-0.25, -0.2) is 0 Å². The number of nitrogens with zero attached hydrogens (tertiary/aromatic N) is 2. The zero-order valence-electron chi connectivity index (χ0n) is 14.5. The van der Waals surface area contributed by atoms with Gasteiger partial charge in [-0.1, -0.05) is 12.1 Å². The topological polar surface area (TPSA) is 46.0 Å². The Kier molecular flexibility index (Phi) is 3.68. The van der Waals surface area contributed by atoms with E-state index in [0.717, 1.165) is 48.5 Å². The summed E-state index contributed by atoms with van der Waals surface area (Å²) in [6, 6.07) is 14.4. The van der Waals surface area contributed by atoms with Crippen LogP contribution in [-0.2, 0) is 11.2 Å². The highest BCUT2D eigenvalue weighted by Gasteiger charge is 2.31. The van der Waals surface area contributed by atoms with Crippen molar-refractivity contribution in [2.45, 2.75) is 12.3 Å². The van der Waals surface area contributed by atoms with Gasteiger partial charge in [0, 0.05) is 55.8 Å². The molecule has 0 spiro atoms. The number of carbonyl (C=O) groups is 1. The Labute approximate surface area is 152 Å². The Balaban J connectivity index is 1.44. The highest BCUT2D eigenvalue weighted by atomic mass is 16.5. The van der Waals surface area contributed by atoms with E-state index in [1.54, 1.807) is 0 Å². The lowest BCUT2D eigenvalue weighted by molar-refractivity contribution is -0.137. The second-order valence-electron chi connectivity index (χ2n) is 7.01. The summed E-state index contributed by atoms with van der Waals surface area (Å²) < 4.78 is 7.78. The van der Waals surface area contributed by atoms with Gasteiger partial charge in [0.15, 0.2) is 0 Å². The van der Waals surface area contributed by atoms with Crippen LogP contribution in [0.4, 0.5) is 5.69 Å². The van der Waals surface area contributed by atoms with E-state index in [4.69, 9.17) is 4.74 Å². The van der Waals surface area contributed by atoms with Crippen LogP contribution in [0.5, 0.6) is 5.75 Å². The minimum absolute atomic E-state index is 0.161. The Bertz CT molecular complexity index is 939. The number of aromatic nitrogens is 1. The maximum atomic E-state index is 12.7. The highest BCUT2D eigenvalue weighted by molar-refractivity contribution is 5.84. The van der Waals surface area contributed by atoms with Gasteiger partial charge in [0.1, 0.15) is 5.75 Å². The third-order valence-corrected chi connectivity index (χ3v) is 5.38. The molecule has 1 N–H and O–H groups in total. The minimum Gasteiger partial charge on any atom is -0.426 e. The van der Waals surface area contributed by atoms with Crippen LogP contribution in [-0.4, -0.2) is 36.5 Å². The van der Waals surface area contributed by atoms with Crippen molar-refractivity contribution < 1.29 is 9.53 Å². The molecule has 0 saturated carbocycles. The number of piperazine rings is 1. The summed E-state index contributed by atoms with van der Waals surface area (Å²) in [5, 5.41) is 3.36. The molecule has 0 bridgehead atoms. The SMILES string of the molecule is O=C1Oc2cc(N3CCNCC3)ccc2CC1c1cc2ccccn2c1. The van der Waals surface area contributed by atoms with Crippen LogP contribution in [0.3, 0.4) is 0 Å². The van der Waals surface area contributed by atoms with E-state index in [1.165, 1.54) is 0 Å². The first kappa shape index (κ1) is 15.5. The van der Waals surface area contributed by atoms with Crippen molar-refractivity contribution in [3.8, 4) is 5.75 Å². The molecule has 0 radical (unpaired) electrons. The molecule has 3 aromatic rings. The van der Waals surface area contributed by atoms with Crippen LogP contribution >= 0.6 is 0 Å². The van der Waals surface area contributed by atoms with Crippen LogP contribution in [0, 0.1) is 0 Å². The number of carbonyl (C=O) groups excluding carboxylic acids is 1. The number of fused-ring (bicyclic) bond motifs is 2. The van der Waals surface area contributed by atoms with Gasteiger partial charge in [-0.15, -0.1) is 0 Å². The lowest BCUT2D eigenvalue weighted by Gasteiger charge is -2.31. The third kappa shape index (κ3) is 2.65. The molecule has 5 heteroatoms. The molecular formula is C21H21N3O2. The quantitative estimate of drug-likeness (QED) is 0.572. The van der Waals surface area contributed by atoms with Crippen LogP contribution in [0.2, 0.25) is 0 Å². The normalized spacial score (nSPS) is 20.1. The molecule has 2 aliphatic heterocycles. The van der Waals surface area contributed by atoms with Crippen LogP contribution < -0.4 is 15.0 Å². The van der Waals surface area contributed by atoms with Gasteiger partial charge < -0.3 is 19.4 Å². The van der Waals surface area contributed by atoms with Crippen molar-refractivity contribution >= 4 is 17.2 Å². The summed E-state index contributed by atoms with van der Waals surface area (Å²) in [5.74, 6) is 0.310. The molecule has 1 aromatic carbocycles. The number of anilines is 1. The third-order valence-electron chi connectivity index (χ3n) is 5.38. The fourth-order valence-corrected chi connectivity index (χ4v) is 3.93. The first-order valence-corrected chi connectivity index (χ1v) is 9.15. The first-order valence-electron chi connectivity index (χ1n) is 9.15. The van der Waals surface area contributed by atoms with E-state index in [9.17, 15) is 4.79 Å². The van der Waals surface area contributed by atoms with Crippen LogP contribution in [0.25, 0.3) is 5.52 Å². The molecule has 5 rings (SSSR count). The molecular weight excluding hydrogens is 326 g/mol. The lowest BCUT2D eigenvalue weighted by atomic mass is 9.91. The average molecular weight is 347 g/mol. The smallest absolute Gasteiger partial charge is 0.319 e. The predicted molar refractivity (Wildman–Crippen MR) is 101 cm³/mol. The number of hydrogen-bond acceptors (Lipinski definition) is 4. The molecule has 132 valence electrons. The van der Waals surface area contributed by atoms with Gasteiger partial charge in [0.2, 0.25) is 0 Å². The van der Waals surface area contributed by atoms with E-state index in [0.29, 0.717) is 12.2 Å². The van der Waals surface area contributed by atoms with Gasteiger partial charge in [0.05, 0.1) is 5.92 Å². The van der Waals surface area contributed by atoms with E-state index >= 15 is 0 Å². The van der Waals surface area contributed by atoms with E-state index in [-0.39, 0.29) is 11.9 Å². The van der Waals surface area contributed by atoms with Crippen molar-refractivity contribution in [1.29, 1.82) is 0 Å². The Hall–Kier alpha value is -2.79. The summed E-state index contributed by atoms with van der Waals surface area (Å²) in [6.07, 6.45) is 4.72. The summed E-state index contributed by atoms with van der Waals surface area (Å²) >= 11 is 0. The molecule has 1 atom stereocenters. The largest absolute Gasteiger partial charge is 0.426 e. The number of pyridine rings is 1. The van der Waals surface area contributed by atoms with Gasteiger partial charge in [-0.3, -0.25) is 4.79 Å². The minimum atomic E-state index is -0.243. The Morgan fingerprint density at radius 3 is 2.81 bits per heavy atom. The van der Waals surface area contributed by atoms with Gasteiger partial charge in [-0.2, -0.15) is 0 Å². The molecule has 1 fully saturated rings. The molecule has 0 aliphatic carbocycles. The first-order chi connectivity index (χ1) is 12.8. The second kappa shape index (κ2) is 6.18. The van der Waals surface area contributed by atoms with Crippen LogP contribution in [0.15, 0.2) is 54.9 Å². The number of ether oxygens (including phenoxy) is 1. The zero-order valence-corrected chi connectivity index (χ0v) is 14.5. The monoisotopic (exact) mass is 347 g/mol. The van der Waals surface area contributed by atoms with Crippen molar-refractivity contribution in [1.82, 2.24) is 9.72 Å². The fourth-order valence-electron chi connectivity index (χ4n) is 3.93. The summed E-state index contributed by atoms with van der Waals surface area (Å²) in [6.45, 7) is 3.93. The molecule has 26 heavy (non-hydrogen) atoms. The van der Waals surface area contributed by atoms with Gasteiger partial charge in [0.25, 0.3) is 0 Å². The molecule has 2 aromatic heterocycles. The van der Waals surface area contributed by atoms with Crippen molar-refractivity contribution in [2.75, 3.05) is 31.1 Å². The van der Waals surface area contributed by atoms with Gasteiger partial charge >= 0.3 is 5.97 Å². The van der Waals surface area contributed by atoms with Crippen molar-refractivity contribution in [3.63, 3.8) is 0 Å².